The molecule has 0 aromatic carbocycles. The third-order valence-corrected chi connectivity index (χ3v) is 4.59. The van der Waals surface area contributed by atoms with E-state index < -0.39 is 6.10 Å². The molecular weight excluding hydrogens is 310 g/mol. The Morgan fingerprint density at radius 1 is 1.46 bits per heavy atom. The number of hydrogen-bond donors (Lipinski definition) is 2. The number of likely N-dealkylation sites (tertiary alicyclic amines) is 1. The maximum Gasteiger partial charge on any atom is 0.322 e. The first-order valence-electron chi connectivity index (χ1n) is 8.16. The van der Waals surface area contributed by atoms with Gasteiger partial charge in [0.2, 0.25) is 0 Å². The lowest BCUT2D eigenvalue weighted by Crippen LogP contribution is -2.49. The number of nitrogens with zero attached hydrogens (tertiary/aromatic N) is 4. The molecule has 0 bridgehead atoms. The van der Waals surface area contributed by atoms with E-state index in [0.717, 1.165) is 24.5 Å². The molecule has 0 aliphatic carbocycles. The number of nitrogens with one attached hydrogen (secondary N) is 1. The number of carbonyl (C=O) groups excluding carboxylic acids is 1. The Balaban J connectivity index is 1.31. The van der Waals surface area contributed by atoms with Crippen molar-refractivity contribution in [2.24, 2.45) is 0 Å². The summed E-state index contributed by atoms with van der Waals surface area (Å²) in [7, 11) is 0. The lowest BCUT2D eigenvalue weighted by Gasteiger charge is -2.39. The maximum absolute atomic E-state index is 11.7. The van der Waals surface area contributed by atoms with Gasteiger partial charge in [0.05, 0.1) is 17.9 Å². The van der Waals surface area contributed by atoms with Crippen LogP contribution < -0.4 is 10.2 Å². The summed E-state index contributed by atoms with van der Waals surface area (Å²) in [5.41, 5.74) is 0.828. The molecule has 2 aliphatic heterocycles. The minimum Gasteiger partial charge on any atom is -0.464 e. The van der Waals surface area contributed by atoms with Crippen LogP contribution in [-0.2, 0) is 0 Å². The molecule has 2 N–H and O–H groups in total. The number of carbonyl (C=O) groups is 1. The topological polar surface area (TPSA) is 86.8 Å². The third kappa shape index (κ3) is 2.78. The van der Waals surface area contributed by atoms with Crippen LogP contribution in [0.5, 0.6) is 0 Å². The van der Waals surface area contributed by atoms with Crippen molar-refractivity contribution in [2.45, 2.75) is 19.1 Å². The van der Waals surface area contributed by atoms with Gasteiger partial charge in [-0.15, -0.1) is 0 Å². The minimum absolute atomic E-state index is 0.0679. The van der Waals surface area contributed by atoms with Crippen molar-refractivity contribution < 1.29 is 14.3 Å². The van der Waals surface area contributed by atoms with Gasteiger partial charge in [0, 0.05) is 38.9 Å². The predicted molar refractivity (Wildman–Crippen MR) is 86.9 cm³/mol. The van der Waals surface area contributed by atoms with Crippen LogP contribution >= 0.6 is 0 Å². The second-order valence-electron chi connectivity index (χ2n) is 6.40. The zero-order chi connectivity index (χ0) is 16.7. The minimum atomic E-state index is -0.610. The molecule has 0 spiro atoms. The summed E-state index contributed by atoms with van der Waals surface area (Å²) in [6, 6.07) is 3.88. The molecule has 2 aromatic heterocycles. The van der Waals surface area contributed by atoms with E-state index in [0.29, 0.717) is 25.4 Å². The quantitative estimate of drug-likeness (QED) is 0.850. The van der Waals surface area contributed by atoms with Crippen LogP contribution in [0.3, 0.4) is 0 Å². The Bertz CT molecular complexity index is 734. The third-order valence-electron chi connectivity index (χ3n) is 4.59. The van der Waals surface area contributed by atoms with Gasteiger partial charge in [-0.3, -0.25) is 14.5 Å². The normalized spacial score (nSPS) is 20.2. The molecule has 1 atom stereocenters. The van der Waals surface area contributed by atoms with Gasteiger partial charge in [0.25, 0.3) is 0 Å². The van der Waals surface area contributed by atoms with E-state index >= 15 is 0 Å². The number of anilines is 1. The molecule has 2 amide bonds. The molecule has 8 nitrogen and oxygen atoms in total. The predicted octanol–water partition coefficient (Wildman–Crippen LogP) is 0.904. The number of aliphatic hydroxyl groups excluding tert-OH is 1. The Hall–Kier alpha value is -2.32. The molecule has 4 heterocycles. The highest BCUT2D eigenvalue weighted by molar-refractivity contribution is 5.93. The van der Waals surface area contributed by atoms with E-state index in [1.807, 2.05) is 29.9 Å². The molecule has 8 heteroatoms. The Kier molecular flexibility index (Phi) is 3.78. The summed E-state index contributed by atoms with van der Waals surface area (Å²) in [4.78, 5) is 15.5. The van der Waals surface area contributed by atoms with Gasteiger partial charge in [-0.2, -0.15) is 5.10 Å². The standard InChI is InChI=1S/C16H21N5O3/c1-11-2-3-15(24-11)14(22)10-19-7-13(8-19)21-9-12(6-18-21)20-5-4-17-16(20)23/h2-3,6,9,13-14,22H,4-5,7-8,10H2,1H3,(H,17,23). The second-order valence-corrected chi connectivity index (χ2v) is 6.40. The average Bonchev–Trinajstić information content (AvgIpc) is 3.22. The molecule has 0 saturated carbocycles. The van der Waals surface area contributed by atoms with Crippen LogP contribution in [0, 0.1) is 6.92 Å². The molecule has 2 fully saturated rings. The van der Waals surface area contributed by atoms with Gasteiger partial charge in [-0.05, 0) is 19.1 Å². The molecule has 2 aromatic rings. The van der Waals surface area contributed by atoms with E-state index in [1.54, 1.807) is 11.1 Å². The average molecular weight is 331 g/mol. The Labute approximate surface area is 139 Å². The SMILES string of the molecule is Cc1ccc(C(O)CN2CC(n3cc(N4CCNC4=O)cn3)C2)o1. The molecule has 2 aliphatic rings. The summed E-state index contributed by atoms with van der Waals surface area (Å²) in [5, 5.41) is 17.4. The zero-order valence-corrected chi connectivity index (χ0v) is 13.6. The lowest BCUT2D eigenvalue weighted by atomic mass is 10.1. The Morgan fingerprint density at radius 3 is 2.96 bits per heavy atom. The molecule has 2 saturated heterocycles. The van der Waals surface area contributed by atoms with Gasteiger partial charge in [0.1, 0.15) is 17.6 Å². The van der Waals surface area contributed by atoms with Crippen LogP contribution in [-0.4, -0.2) is 58.5 Å². The van der Waals surface area contributed by atoms with Crippen LogP contribution in [0.25, 0.3) is 0 Å². The van der Waals surface area contributed by atoms with Crippen LogP contribution in [0.15, 0.2) is 28.9 Å². The molecule has 128 valence electrons. The molecule has 1 unspecified atom stereocenters. The lowest BCUT2D eigenvalue weighted by molar-refractivity contribution is 0.0312. The monoisotopic (exact) mass is 331 g/mol. The highest BCUT2D eigenvalue weighted by atomic mass is 16.4. The van der Waals surface area contributed by atoms with E-state index in [9.17, 15) is 9.90 Å². The number of furan rings is 1. The van der Waals surface area contributed by atoms with Crippen molar-refractivity contribution in [2.75, 3.05) is 37.6 Å². The molecule has 0 radical (unpaired) electrons. The first kappa shape index (κ1) is 15.2. The van der Waals surface area contributed by atoms with E-state index in [2.05, 4.69) is 15.3 Å². The largest absolute Gasteiger partial charge is 0.464 e. The van der Waals surface area contributed by atoms with Crippen LogP contribution in [0.2, 0.25) is 0 Å². The van der Waals surface area contributed by atoms with Gasteiger partial charge < -0.3 is 14.8 Å². The molecule has 24 heavy (non-hydrogen) atoms. The number of aliphatic hydroxyl groups is 1. The number of aryl methyl sites for hydroxylation is 1. The van der Waals surface area contributed by atoms with E-state index in [-0.39, 0.29) is 12.1 Å². The van der Waals surface area contributed by atoms with Crippen LogP contribution in [0.1, 0.15) is 23.7 Å². The fourth-order valence-electron chi connectivity index (χ4n) is 3.21. The van der Waals surface area contributed by atoms with Crippen molar-refractivity contribution in [1.82, 2.24) is 20.0 Å². The first-order chi connectivity index (χ1) is 11.6. The van der Waals surface area contributed by atoms with Crippen molar-refractivity contribution in [3.8, 4) is 0 Å². The van der Waals surface area contributed by atoms with Gasteiger partial charge in [-0.1, -0.05) is 0 Å². The Morgan fingerprint density at radius 2 is 2.29 bits per heavy atom. The fourth-order valence-corrected chi connectivity index (χ4v) is 3.21. The summed E-state index contributed by atoms with van der Waals surface area (Å²) < 4.78 is 7.36. The highest BCUT2D eigenvalue weighted by Crippen LogP contribution is 2.26. The van der Waals surface area contributed by atoms with Crippen molar-refractivity contribution >= 4 is 11.7 Å². The molecule has 4 rings (SSSR count). The van der Waals surface area contributed by atoms with Crippen LogP contribution in [0.4, 0.5) is 10.5 Å². The second kappa shape index (κ2) is 5.95. The summed E-state index contributed by atoms with van der Waals surface area (Å²) in [5.74, 6) is 1.41. The maximum atomic E-state index is 11.7. The number of amides is 2. The number of β-amino-alcohol motifs (C(OH)–C–C–N with tert-alkyl or cyclic N) is 1. The zero-order valence-electron chi connectivity index (χ0n) is 13.6. The number of rotatable bonds is 5. The number of aromatic nitrogens is 2. The first-order valence-corrected chi connectivity index (χ1v) is 8.16. The summed E-state index contributed by atoms with van der Waals surface area (Å²) in [6.07, 6.45) is 3.04. The highest BCUT2D eigenvalue weighted by Gasteiger charge is 2.32. The van der Waals surface area contributed by atoms with Gasteiger partial charge in [-0.25, -0.2) is 4.79 Å². The summed E-state index contributed by atoms with van der Waals surface area (Å²) in [6.45, 7) is 5.41. The number of urea groups is 1. The van der Waals surface area contributed by atoms with Crippen molar-refractivity contribution in [3.05, 3.63) is 36.0 Å². The van der Waals surface area contributed by atoms with Gasteiger partial charge in [0.15, 0.2) is 0 Å². The van der Waals surface area contributed by atoms with E-state index in [4.69, 9.17) is 4.42 Å². The molecular formula is C16H21N5O3. The summed E-state index contributed by atoms with van der Waals surface area (Å²) >= 11 is 0. The number of hydrogen-bond acceptors (Lipinski definition) is 5. The van der Waals surface area contributed by atoms with E-state index in [1.165, 1.54) is 0 Å². The van der Waals surface area contributed by atoms with Crippen molar-refractivity contribution in [3.63, 3.8) is 0 Å². The van der Waals surface area contributed by atoms with Crippen molar-refractivity contribution in [1.29, 1.82) is 0 Å². The van der Waals surface area contributed by atoms with Gasteiger partial charge >= 0.3 is 6.03 Å². The fraction of sp³-hybridized carbons (Fsp3) is 0.500. The smallest absolute Gasteiger partial charge is 0.322 e.